The molecular weight excluding hydrogens is 206 g/mol. The first-order valence-corrected chi connectivity index (χ1v) is 4.91. The number of aldehydes is 1. The second-order valence-corrected chi connectivity index (χ2v) is 3.50. The van der Waals surface area contributed by atoms with Gasteiger partial charge in [0.15, 0.2) is 6.29 Å². The number of nitrogens with one attached hydrogen (secondary N) is 1. The molecule has 0 bridgehead atoms. The predicted octanol–water partition coefficient (Wildman–Crippen LogP) is 2.31. The molecule has 0 spiro atoms. The number of aryl methyl sites for hydroxylation is 1. The number of rotatable bonds is 3. The van der Waals surface area contributed by atoms with Crippen molar-refractivity contribution in [1.82, 2.24) is 4.98 Å². The van der Waals surface area contributed by atoms with E-state index in [0.717, 1.165) is 22.9 Å². The SMILES string of the molecule is COc1ccc(OC)c2c(C=O)c(C)[nH]c12. The summed E-state index contributed by atoms with van der Waals surface area (Å²) in [6.07, 6.45) is 0.829. The van der Waals surface area contributed by atoms with E-state index in [2.05, 4.69) is 4.98 Å². The molecule has 0 aliphatic carbocycles. The maximum atomic E-state index is 11.1. The third-order valence-corrected chi connectivity index (χ3v) is 2.67. The van der Waals surface area contributed by atoms with Crippen LogP contribution in [0.4, 0.5) is 0 Å². The first-order chi connectivity index (χ1) is 7.72. The van der Waals surface area contributed by atoms with Crippen LogP contribution in [0.1, 0.15) is 16.1 Å². The first kappa shape index (κ1) is 10.5. The zero-order chi connectivity index (χ0) is 11.7. The Bertz CT molecular complexity index is 543. The molecule has 4 nitrogen and oxygen atoms in total. The fourth-order valence-corrected chi connectivity index (χ4v) is 1.89. The lowest BCUT2D eigenvalue weighted by Crippen LogP contribution is -1.89. The van der Waals surface area contributed by atoms with E-state index in [4.69, 9.17) is 9.47 Å². The molecule has 1 N–H and O–H groups in total. The van der Waals surface area contributed by atoms with Crippen LogP contribution in [0.3, 0.4) is 0 Å². The van der Waals surface area contributed by atoms with Gasteiger partial charge in [-0.15, -0.1) is 0 Å². The van der Waals surface area contributed by atoms with Crippen molar-refractivity contribution in [1.29, 1.82) is 0 Å². The number of fused-ring (bicyclic) bond motifs is 1. The van der Waals surface area contributed by atoms with Gasteiger partial charge in [0.05, 0.1) is 25.1 Å². The summed E-state index contributed by atoms with van der Waals surface area (Å²) in [4.78, 5) is 14.2. The van der Waals surface area contributed by atoms with E-state index in [0.29, 0.717) is 17.1 Å². The number of H-pyrrole nitrogens is 1. The summed E-state index contributed by atoms with van der Waals surface area (Å²) in [5.74, 6) is 1.37. The van der Waals surface area contributed by atoms with Crippen molar-refractivity contribution in [3.05, 3.63) is 23.4 Å². The number of ether oxygens (including phenoxy) is 2. The number of methoxy groups -OCH3 is 2. The van der Waals surface area contributed by atoms with Gasteiger partial charge in [-0.25, -0.2) is 0 Å². The quantitative estimate of drug-likeness (QED) is 0.806. The van der Waals surface area contributed by atoms with Crippen molar-refractivity contribution in [2.75, 3.05) is 14.2 Å². The smallest absolute Gasteiger partial charge is 0.152 e. The number of aromatic amines is 1. The fraction of sp³-hybridized carbons (Fsp3) is 0.250. The van der Waals surface area contributed by atoms with Gasteiger partial charge in [-0.1, -0.05) is 0 Å². The molecule has 0 amide bonds. The van der Waals surface area contributed by atoms with Crippen LogP contribution >= 0.6 is 0 Å². The lowest BCUT2D eigenvalue weighted by atomic mass is 10.1. The van der Waals surface area contributed by atoms with E-state index in [9.17, 15) is 4.79 Å². The molecule has 16 heavy (non-hydrogen) atoms. The summed E-state index contributed by atoms with van der Waals surface area (Å²) in [7, 11) is 3.18. The molecule has 2 rings (SSSR count). The molecule has 0 atom stereocenters. The fourth-order valence-electron chi connectivity index (χ4n) is 1.89. The standard InChI is InChI=1S/C12H13NO3/c1-7-8(6-14)11-9(15-2)4-5-10(16-3)12(11)13-7/h4-6,13H,1-3H3. The van der Waals surface area contributed by atoms with Crippen LogP contribution in [-0.2, 0) is 0 Å². The van der Waals surface area contributed by atoms with Crippen LogP contribution in [0.15, 0.2) is 12.1 Å². The first-order valence-electron chi connectivity index (χ1n) is 4.91. The molecule has 0 unspecified atom stereocenters. The molecule has 2 aromatic rings. The maximum absolute atomic E-state index is 11.1. The summed E-state index contributed by atoms with van der Waals surface area (Å²) in [5.41, 5.74) is 2.22. The van der Waals surface area contributed by atoms with Gasteiger partial charge in [0.25, 0.3) is 0 Å². The van der Waals surface area contributed by atoms with Crippen molar-refractivity contribution >= 4 is 17.2 Å². The predicted molar refractivity (Wildman–Crippen MR) is 61.5 cm³/mol. The van der Waals surface area contributed by atoms with Gasteiger partial charge in [-0.2, -0.15) is 0 Å². The monoisotopic (exact) mass is 219 g/mol. The third kappa shape index (κ3) is 1.34. The Morgan fingerprint density at radius 3 is 2.38 bits per heavy atom. The molecule has 0 radical (unpaired) electrons. The van der Waals surface area contributed by atoms with Crippen molar-refractivity contribution in [3.63, 3.8) is 0 Å². The van der Waals surface area contributed by atoms with Gasteiger partial charge in [-0.05, 0) is 19.1 Å². The summed E-state index contributed by atoms with van der Waals surface area (Å²) in [6, 6.07) is 3.60. The lowest BCUT2D eigenvalue weighted by Gasteiger charge is -2.06. The van der Waals surface area contributed by atoms with E-state index >= 15 is 0 Å². The molecule has 84 valence electrons. The molecule has 0 saturated heterocycles. The van der Waals surface area contributed by atoms with Crippen LogP contribution in [0.25, 0.3) is 10.9 Å². The van der Waals surface area contributed by atoms with Crippen LogP contribution in [0.2, 0.25) is 0 Å². The van der Waals surface area contributed by atoms with Crippen LogP contribution in [-0.4, -0.2) is 25.5 Å². The van der Waals surface area contributed by atoms with Gasteiger partial charge in [-0.3, -0.25) is 4.79 Å². The van der Waals surface area contributed by atoms with Gasteiger partial charge < -0.3 is 14.5 Å². The number of carbonyl (C=O) groups excluding carboxylic acids is 1. The van der Waals surface area contributed by atoms with Crippen molar-refractivity contribution in [2.45, 2.75) is 6.92 Å². The summed E-state index contributed by atoms with van der Waals surface area (Å²) >= 11 is 0. The second kappa shape index (κ2) is 3.89. The average molecular weight is 219 g/mol. The summed E-state index contributed by atoms with van der Waals surface area (Å²) < 4.78 is 10.5. The van der Waals surface area contributed by atoms with Crippen LogP contribution < -0.4 is 9.47 Å². The topological polar surface area (TPSA) is 51.3 Å². The average Bonchev–Trinajstić information content (AvgIpc) is 2.64. The Morgan fingerprint density at radius 2 is 1.81 bits per heavy atom. The van der Waals surface area contributed by atoms with Crippen molar-refractivity contribution in [2.24, 2.45) is 0 Å². The molecule has 0 saturated carbocycles. The molecule has 0 fully saturated rings. The highest BCUT2D eigenvalue weighted by Gasteiger charge is 2.15. The van der Waals surface area contributed by atoms with Crippen molar-refractivity contribution < 1.29 is 14.3 Å². The zero-order valence-corrected chi connectivity index (χ0v) is 9.46. The van der Waals surface area contributed by atoms with E-state index in [1.807, 2.05) is 13.0 Å². The minimum absolute atomic E-state index is 0.616. The number of aromatic nitrogens is 1. The van der Waals surface area contributed by atoms with Crippen LogP contribution in [0.5, 0.6) is 11.5 Å². The summed E-state index contributed by atoms with van der Waals surface area (Å²) in [6.45, 7) is 1.85. The van der Waals surface area contributed by atoms with E-state index in [1.54, 1.807) is 20.3 Å². The Kier molecular flexibility index (Phi) is 2.56. The number of carbonyl (C=O) groups is 1. The maximum Gasteiger partial charge on any atom is 0.152 e. The normalized spacial score (nSPS) is 10.4. The van der Waals surface area contributed by atoms with E-state index in [-0.39, 0.29) is 0 Å². The Balaban J connectivity index is 2.90. The highest BCUT2D eigenvalue weighted by atomic mass is 16.5. The molecule has 1 heterocycles. The van der Waals surface area contributed by atoms with Gasteiger partial charge in [0.1, 0.15) is 11.5 Å². The molecule has 1 aromatic heterocycles. The van der Waals surface area contributed by atoms with E-state index < -0.39 is 0 Å². The van der Waals surface area contributed by atoms with E-state index in [1.165, 1.54) is 0 Å². The third-order valence-electron chi connectivity index (χ3n) is 2.67. The Morgan fingerprint density at radius 1 is 1.19 bits per heavy atom. The minimum atomic E-state index is 0.616. The Labute approximate surface area is 93.2 Å². The zero-order valence-electron chi connectivity index (χ0n) is 9.46. The highest BCUT2D eigenvalue weighted by molar-refractivity contribution is 6.04. The largest absolute Gasteiger partial charge is 0.496 e. The second-order valence-electron chi connectivity index (χ2n) is 3.50. The molecular formula is C12H13NO3. The number of hydrogen-bond acceptors (Lipinski definition) is 3. The number of hydrogen-bond donors (Lipinski definition) is 1. The van der Waals surface area contributed by atoms with Gasteiger partial charge >= 0.3 is 0 Å². The minimum Gasteiger partial charge on any atom is -0.496 e. The highest BCUT2D eigenvalue weighted by Crippen LogP contribution is 2.35. The molecule has 0 aliphatic rings. The van der Waals surface area contributed by atoms with Crippen molar-refractivity contribution in [3.8, 4) is 11.5 Å². The lowest BCUT2D eigenvalue weighted by molar-refractivity contribution is 0.112. The molecule has 4 heteroatoms. The van der Waals surface area contributed by atoms with Gasteiger partial charge in [0.2, 0.25) is 0 Å². The molecule has 1 aromatic carbocycles. The molecule has 0 aliphatic heterocycles. The Hall–Kier alpha value is -1.97. The van der Waals surface area contributed by atoms with Gasteiger partial charge in [0, 0.05) is 11.3 Å². The summed E-state index contributed by atoms with van der Waals surface area (Å²) in [5, 5.41) is 0.773. The van der Waals surface area contributed by atoms with Crippen LogP contribution in [0, 0.1) is 6.92 Å². The number of benzene rings is 1.